The Bertz CT molecular complexity index is 365. The van der Waals surface area contributed by atoms with Crippen molar-refractivity contribution in [3.8, 4) is 0 Å². The van der Waals surface area contributed by atoms with Crippen LogP contribution in [0.25, 0.3) is 0 Å². The summed E-state index contributed by atoms with van der Waals surface area (Å²) in [4.78, 5) is 0. The maximum Gasteiger partial charge on any atom is 0.419 e. The second-order valence-electron chi connectivity index (χ2n) is 3.51. The van der Waals surface area contributed by atoms with E-state index in [0.29, 0.717) is 6.07 Å². The molecule has 0 radical (unpaired) electrons. The Kier molecular flexibility index (Phi) is 3.02. The molecule has 1 aromatic carbocycles. The molecule has 15 heavy (non-hydrogen) atoms. The van der Waals surface area contributed by atoms with Crippen molar-refractivity contribution < 1.29 is 22.0 Å². The summed E-state index contributed by atoms with van der Waals surface area (Å²) in [5.41, 5.74) is -1.56. The summed E-state index contributed by atoms with van der Waals surface area (Å²) in [6.07, 6.45) is -4.79. The molecule has 0 aromatic heterocycles. The van der Waals surface area contributed by atoms with Crippen molar-refractivity contribution in [1.29, 1.82) is 0 Å². The second-order valence-corrected chi connectivity index (χ2v) is 3.51. The van der Waals surface area contributed by atoms with Gasteiger partial charge < -0.3 is 0 Å². The highest BCUT2D eigenvalue weighted by atomic mass is 19.4. The highest BCUT2D eigenvalue weighted by Gasteiger charge is 2.35. The van der Waals surface area contributed by atoms with Crippen LogP contribution < -0.4 is 0 Å². The Morgan fingerprint density at radius 1 is 1.00 bits per heavy atom. The van der Waals surface area contributed by atoms with Crippen molar-refractivity contribution in [1.82, 2.24) is 0 Å². The third kappa shape index (κ3) is 2.46. The highest BCUT2D eigenvalue weighted by Crippen LogP contribution is 2.34. The second kappa shape index (κ2) is 3.79. The average molecular weight is 224 g/mol. The van der Waals surface area contributed by atoms with Gasteiger partial charge in [-0.25, -0.2) is 8.78 Å². The summed E-state index contributed by atoms with van der Waals surface area (Å²) in [5.74, 6) is -2.95. The Morgan fingerprint density at radius 2 is 1.53 bits per heavy atom. The summed E-state index contributed by atoms with van der Waals surface area (Å²) < 4.78 is 62.7. The van der Waals surface area contributed by atoms with Crippen LogP contribution >= 0.6 is 0 Å². The number of alkyl halides is 3. The van der Waals surface area contributed by atoms with Crippen molar-refractivity contribution in [3.05, 3.63) is 34.9 Å². The first-order valence-corrected chi connectivity index (χ1v) is 4.29. The standard InChI is InChI=1S/C10H9F5/c1-5(2)6-3-7(10(13,14)15)9(12)4-8(6)11/h3-5H,1-2H3. The molecule has 5 heteroatoms. The van der Waals surface area contributed by atoms with Crippen molar-refractivity contribution in [3.63, 3.8) is 0 Å². The molecule has 0 saturated carbocycles. The van der Waals surface area contributed by atoms with Gasteiger partial charge in [-0.3, -0.25) is 0 Å². The van der Waals surface area contributed by atoms with Crippen LogP contribution in [-0.2, 0) is 6.18 Å². The van der Waals surface area contributed by atoms with Gasteiger partial charge in [-0.1, -0.05) is 13.8 Å². The van der Waals surface area contributed by atoms with E-state index in [4.69, 9.17) is 0 Å². The summed E-state index contributed by atoms with van der Waals surface area (Å²) in [6.45, 7) is 3.08. The van der Waals surface area contributed by atoms with Crippen LogP contribution in [0, 0.1) is 11.6 Å². The lowest BCUT2D eigenvalue weighted by molar-refractivity contribution is -0.140. The molecule has 1 rings (SSSR count). The van der Waals surface area contributed by atoms with Gasteiger partial charge in [0.2, 0.25) is 0 Å². The van der Waals surface area contributed by atoms with Crippen LogP contribution in [0.2, 0.25) is 0 Å². The minimum Gasteiger partial charge on any atom is -0.207 e. The molecule has 0 nitrogen and oxygen atoms in total. The van der Waals surface area contributed by atoms with Crippen LogP contribution in [0.5, 0.6) is 0 Å². The monoisotopic (exact) mass is 224 g/mol. The molecule has 0 atom stereocenters. The SMILES string of the molecule is CC(C)c1cc(C(F)(F)F)c(F)cc1F. The van der Waals surface area contributed by atoms with Crippen molar-refractivity contribution in [2.45, 2.75) is 25.9 Å². The average Bonchev–Trinajstić information content (AvgIpc) is 2.00. The zero-order chi connectivity index (χ0) is 11.8. The molecule has 0 bridgehead atoms. The maximum atomic E-state index is 13.1. The lowest BCUT2D eigenvalue weighted by atomic mass is 9.99. The number of halogens is 5. The van der Waals surface area contributed by atoms with Crippen LogP contribution in [-0.4, -0.2) is 0 Å². The Balaban J connectivity index is 3.37. The van der Waals surface area contributed by atoms with E-state index < -0.39 is 29.3 Å². The Hall–Kier alpha value is -1.13. The van der Waals surface area contributed by atoms with E-state index in [2.05, 4.69) is 0 Å². The summed E-state index contributed by atoms with van der Waals surface area (Å²) in [6, 6.07) is 0.799. The topological polar surface area (TPSA) is 0 Å². The van der Waals surface area contributed by atoms with E-state index in [9.17, 15) is 22.0 Å². The number of benzene rings is 1. The van der Waals surface area contributed by atoms with E-state index >= 15 is 0 Å². The van der Waals surface area contributed by atoms with Gasteiger partial charge in [-0.05, 0) is 17.5 Å². The molecule has 0 heterocycles. The van der Waals surface area contributed by atoms with Crippen molar-refractivity contribution in [2.75, 3.05) is 0 Å². The first kappa shape index (κ1) is 11.9. The molecule has 0 saturated heterocycles. The van der Waals surface area contributed by atoms with E-state index in [1.165, 1.54) is 13.8 Å². The van der Waals surface area contributed by atoms with Crippen molar-refractivity contribution in [2.24, 2.45) is 0 Å². The summed E-state index contributed by atoms with van der Waals surface area (Å²) in [7, 11) is 0. The molecule has 0 aliphatic rings. The quantitative estimate of drug-likeness (QED) is 0.630. The lowest BCUT2D eigenvalue weighted by Gasteiger charge is -2.12. The van der Waals surface area contributed by atoms with Gasteiger partial charge in [0.25, 0.3) is 0 Å². The molecule has 0 amide bonds. The van der Waals surface area contributed by atoms with Crippen molar-refractivity contribution >= 4 is 0 Å². The fourth-order valence-corrected chi connectivity index (χ4v) is 1.23. The lowest BCUT2D eigenvalue weighted by Crippen LogP contribution is -2.10. The largest absolute Gasteiger partial charge is 0.419 e. The minimum atomic E-state index is -4.79. The molecule has 0 fully saturated rings. The zero-order valence-electron chi connectivity index (χ0n) is 8.12. The third-order valence-corrected chi connectivity index (χ3v) is 2.01. The number of rotatable bonds is 1. The highest BCUT2D eigenvalue weighted by molar-refractivity contribution is 5.30. The summed E-state index contributed by atoms with van der Waals surface area (Å²) in [5, 5.41) is 0. The molecular weight excluding hydrogens is 215 g/mol. The van der Waals surface area contributed by atoms with Gasteiger partial charge in [0.1, 0.15) is 11.6 Å². The fourth-order valence-electron chi connectivity index (χ4n) is 1.23. The predicted octanol–water partition coefficient (Wildman–Crippen LogP) is 4.11. The van der Waals surface area contributed by atoms with Gasteiger partial charge in [0, 0.05) is 6.07 Å². The third-order valence-electron chi connectivity index (χ3n) is 2.01. The fraction of sp³-hybridized carbons (Fsp3) is 0.400. The molecule has 0 N–H and O–H groups in total. The van der Waals surface area contributed by atoms with Gasteiger partial charge in [-0.15, -0.1) is 0 Å². The van der Waals surface area contributed by atoms with Gasteiger partial charge in [0.15, 0.2) is 0 Å². The molecular formula is C10H9F5. The summed E-state index contributed by atoms with van der Waals surface area (Å²) >= 11 is 0. The number of hydrogen-bond acceptors (Lipinski definition) is 0. The molecule has 0 aliphatic heterocycles. The van der Waals surface area contributed by atoms with Gasteiger partial charge in [0.05, 0.1) is 5.56 Å². The van der Waals surface area contributed by atoms with Crippen LogP contribution in [0.1, 0.15) is 30.9 Å². The van der Waals surface area contributed by atoms with Crippen LogP contribution in [0.4, 0.5) is 22.0 Å². The van der Waals surface area contributed by atoms with E-state index in [-0.39, 0.29) is 11.6 Å². The van der Waals surface area contributed by atoms with E-state index in [0.717, 1.165) is 0 Å². The molecule has 0 unspecified atom stereocenters. The van der Waals surface area contributed by atoms with Gasteiger partial charge >= 0.3 is 6.18 Å². The van der Waals surface area contributed by atoms with E-state index in [1.54, 1.807) is 0 Å². The van der Waals surface area contributed by atoms with Crippen LogP contribution in [0.3, 0.4) is 0 Å². The predicted molar refractivity (Wildman–Crippen MR) is 45.4 cm³/mol. The normalized spacial score (nSPS) is 12.3. The molecule has 0 aliphatic carbocycles. The molecule has 0 spiro atoms. The first-order chi connectivity index (χ1) is 6.73. The number of hydrogen-bond donors (Lipinski definition) is 0. The Labute approximate surface area is 83.7 Å². The smallest absolute Gasteiger partial charge is 0.207 e. The Morgan fingerprint density at radius 3 is 1.93 bits per heavy atom. The molecule has 84 valence electrons. The molecule has 1 aromatic rings. The minimum absolute atomic E-state index is 0.135. The van der Waals surface area contributed by atoms with Gasteiger partial charge in [-0.2, -0.15) is 13.2 Å². The zero-order valence-corrected chi connectivity index (χ0v) is 8.12. The maximum absolute atomic E-state index is 13.1. The van der Waals surface area contributed by atoms with E-state index in [1.807, 2.05) is 0 Å². The first-order valence-electron chi connectivity index (χ1n) is 4.29. The van der Waals surface area contributed by atoms with Crippen LogP contribution in [0.15, 0.2) is 12.1 Å².